The van der Waals surface area contributed by atoms with Crippen molar-refractivity contribution in [3.05, 3.63) is 53.9 Å². The molecular weight excluding hydrogens is 400 g/mol. The third kappa shape index (κ3) is 7.56. The fraction of sp³-hybridized carbons (Fsp3) is 0.630. The molecule has 1 fully saturated rings. The van der Waals surface area contributed by atoms with E-state index in [0.717, 1.165) is 63.4 Å². The molecule has 1 heterocycles. The number of hydrogen-bond acceptors (Lipinski definition) is 4. The van der Waals surface area contributed by atoms with E-state index in [2.05, 4.69) is 29.4 Å². The van der Waals surface area contributed by atoms with Gasteiger partial charge in [0.25, 0.3) is 0 Å². The summed E-state index contributed by atoms with van der Waals surface area (Å²) in [4.78, 5) is 16.0. The van der Waals surface area contributed by atoms with Gasteiger partial charge in [-0.15, -0.1) is 0 Å². The molecule has 0 radical (unpaired) electrons. The molecule has 5 atom stereocenters. The zero-order valence-corrected chi connectivity index (χ0v) is 19.5. The first-order valence-electron chi connectivity index (χ1n) is 12.5. The summed E-state index contributed by atoms with van der Waals surface area (Å²) in [5.74, 6) is 1.16. The number of hydrogen-bond donors (Lipinski definition) is 3. The van der Waals surface area contributed by atoms with Crippen LogP contribution in [0.5, 0.6) is 0 Å². The molecule has 1 aromatic heterocycles. The second-order valence-electron chi connectivity index (χ2n) is 9.52. The molecular formula is C27H40N2O3. The van der Waals surface area contributed by atoms with Crippen LogP contribution < -0.4 is 5.32 Å². The van der Waals surface area contributed by atoms with E-state index in [1.54, 1.807) is 12.4 Å². The summed E-state index contributed by atoms with van der Waals surface area (Å²) >= 11 is 0. The van der Waals surface area contributed by atoms with Crippen LogP contribution in [0.25, 0.3) is 0 Å². The number of rotatable bonds is 13. The number of fused-ring (bicyclic) bond motifs is 1. The van der Waals surface area contributed by atoms with Gasteiger partial charge in [-0.1, -0.05) is 50.0 Å². The molecule has 1 amide bonds. The highest BCUT2D eigenvalue weighted by Crippen LogP contribution is 2.48. The van der Waals surface area contributed by atoms with Gasteiger partial charge >= 0.3 is 0 Å². The maximum absolute atomic E-state index is 12.1. The minimum atomic E-state index is -0.397. The quantitative estimate of drug-likeness (QED) is 0.307. The van der Waals surface area contributed by atoms with Gasteiger partial charge in [0, 0.05) is 31.3 Å². The highest BCUT2D eigenvalue weighted by atomic mass is 16.3. The Morgan fingerprint density at radius 3 is 2.84 bits per heavy atom. The number of carbonyl (C=O) groups is 1. The van der Waals surface area contributed by atoms with Gasteiger partial charge < -0.3 is 15.5 Å². The molecule has 0 unspecified atom stereocenters. The van der Waals surface area contributed by atoms with Gasteiger partial charge in [0.2, 0.25) is 5.91 Å². The molecule has 3 N–H and O–H groups in total. The van der Waals surface area contributed by atoms with E-state index in [-0.39, 0.29) is 17.9 Å². The number of aliphatic hydroxyl groups is 2. The van der Waals surface area contributed by atoms with Crippen molar-refractivity contribution >= 4 is 5.91 Å². The van der Waals surface area contributed by atoms with Gasteiger partial charge in [-0.3, -0.25) is 9.78 Å². The summed E-state index contributed by atoms with van der Waals surface area (Å²) < 4.78 is 0. The summed E-state index contributed by atoms with van der Waals surface area (Å²) in [5, 5.41) is 23.7. The molecule has 2 aliphatic carbocycles. The first-order valence-corrected chi connectivity index (χ1v) is 12.5. The minimum absolute atomic E-state index is 0.102. The van der Waals surface area contributed by atoms with Crippen LogP contribution in [-0.2, 0) is 11.3 Å². The van der Waals surface area contributed by atoms with Gasteiger partial charge in [0.1, 0.15) is 0 Å². The van der Waals surface area contributed by atoms with Crippen molar-refractivity contribution < 1.29 is 15.0 Å². The standard InChI is InChI=1S/C27H40N2O3/c1-2-3-4-8-23(30)10-11-24-25-17-21(16-22(25)18-26(24)31)7-5-6-9-27(32)29-19-20-12-14-28-15-13-20/h10-16,22-26,30-31H,2-9,17-19H2,1H3,(H,29,32)/t22-,23+,24+,25-,26+/m0/s1. The Hall–Kier alpha value is -1.98. The molecule has 0 saturated heterocycles. The Balaban J connectivity index is 1.34. The molecule has 0 bridgehead atoms. The summed E-state index contributed by atoms with van der Waals surface area (Å²) in [6.07, 6.45) is 18.7. The molecule has 5 nitrogen and oxygen atoms in total. The lowest BCUT2D eigenvalue weighted by atomic mass is 9.88. The van der Waals surface area contributed by atoms with E-state index in [1.165, 1.54) is 5.57 Å². The predicted molar refractivity (Wildman–Crippen MR) is 128 cm³/mol. The van der Waals surface area contributed by atoms with Gasteiger partial charge in [0.05, 0.1) is 12.2 Å². The van der Waals surface area contributed by atoms with Crippen molar-refractivity contribution in [2.75, 3.05) is 0 Å². The molecule has 0 aliphatic heterocycles. The Morgan fingerprint density at radius 1 is 1.25 bits per heavy atom. The lowest BCUT2D eigenvalue weighted by Crippen LogP contribution is -2.22. The zero-order valence-electron chi connectivity index (χ0n) is 19.5. The van der Waals surface area contributed by atoms with Crippen LogP contribution in [0.3, 0.4) is 0 Å². The fourth-order valence-electron chi connectivity index (χ4n) is 5.17. The first kappa shape index (κ1) is 24.7. The third-order valence-electron chi connectivity index (χ3n) is 7.00. The molecule has 0 aromatic carbocycles. The maximum Gasteiger partial charge on any atom is 0.220 e. The highest BCUT2D eigenvalue weighted by molar-refractivity contribution is 5.75. The van der Waals surface area contributed by atoms with Crippen LogP contribution in [0, 0.1) is 17.8 Å². The van der Waals surface area contributed by atoms with Crippen molar-refractivity contribution in [1.29, 1.82) is 0 Å². The van der Waals surface area contributed by atoms with E-state index in [0.29, 0.717) is 24.8 Å². The van der Waals surface area contributed by atoms with Crippen LogP contribution in [0.2, 0.25) is 0 Å². The van der Waals surface area contributed by atoms with Gasteiger partial charge in [-0.05, 0) is 68.1 Å². The average molecular weight is 441 g/mol. The molecule has 5 heteroatoms. The topological polar surface area (TPSA) is 82.5 Å². The first-order chi connectivity index (χ1) is 15.6. The number of unbranched alkanes of at least 4 members (excludes halogenated alkanes) is 3. The number of nitrogens with zero attached hydrogens (tertiary/aromatic N) is 1. The third-order valence-corrected chi connectivity index (χ3v) is 7.00. The van der Waals surface area contributed by atoms with E-state index < -0.39 is 6.10 Å². The molecule has 1 aromatic rings. The lowest BCUT2D eigenvalue weighted by Gasteiger charge is -2.19. The van der Waals surface area contributed by atoms with Crippen molar-refractivity contribution in [3.63, 3.8) is 0 Å². The molecule has 32 heavy (non-hydrogen) atoms. The minimum Gasteiger partial charge on any atom is -0.392 e. The monoisotopic (exact) mass is 440 g/mol. The van der Waals surface area contributed by atoms with Crippen LogP contribution >= 0.6 is 0 Å². The molecule has 3 rings (SSSR count). The molecule has 176 valence electrons. The average Bonchev–Trinajstić information content (AvgIpc) is 3.31. The van der Waals surface area contributed by atoms with E-state index in [4.69, 9.17) is 0 Å². The molecule has 2 aliphatic rings. The second-order valence-corrected chi connectivity index (χ2v) is 9.52. The van der Waals surface area contributed by atoms with E-state index >= 15 is 0 Å². The van der Waals surface area contributed by atoms with Gasteiger partial charge in [-0.25, -0.2) is 0 Å². The van der Waals surface area contributed by atoms with Crippen molar-refractivity contribution in [1.82, 2.24) is 10.3 Å². The Bertz CT molecular complexity index is 761. The summed E-state index contributed by atoms with van der Waals surface area (Å²) in [7, 11) is 0. The van der Waals surface area contributed by atoms with Crippen LogP contribution in [0.1, 0.15) is 76.7 Å². The molecule has 0 spiro atoms. The highest BCUT2D eigenvalue weighted by Gasteiger charge is 2.43. The number of carbonyl (C=O) groups excluding carboxylic acids is 1. The summed E-state index contributed by atoms with van der Waals surface area (Å²) in [6, 6.07) is 3.83. The summed E-state index contributed by atoms with van der Waals surface area (Å²) in [6.45, 7) is 2.72. The smallest absolute Gasteiger partial charge is 0.220 e. The van der Waals surface area contributed by atoms with Gasteiger partial charge in [0.15, 0.2) is 0 Å². The number of allylic oxidation sites excluding steroid dienone is 2. The SMILES string of the molecule is CCCCC[C@@H](O)C=C[C@@H]1[C@H]2CC(CCCCC(=O)NCc3ccncc3)=C[C@H]2C[C@H]1O. The molecule has 1 saturated carbocycles. The van der Waals surface area contributed by atoms with Crippen LogP contribution in [0.15, 0.2) is 48.3 Å². The van der Waals surface area contributed by atoms with Crippen molar-refractivity contribution in [3.8, 4) is 0 Å². The normalized spacial score (nSPS) is 25.7. The van der Waals surface area contributed by atoms with Crippen molar-refractivity contribution in [2.24, 2.45) is 17.8 Å². The zero-order chi connectivity index (χ0) is 22.8. The largest absolute Gasteiger partial charge is 0.392 e. The predicted octanol–water partition coefficient (Wildman–Crippen LogP) is 4.70. The number of pyridine rings is 1. The van der Waals surface area contributed by atoms with Crippen LogP contribution in [-0.4, -0.2) is 33.3 Å². The summed E-state index contributed by atoms with van der Waals surface area (Å²) in [5.41, 5.74) is 2.54. The lowest BCUT2D eigenvalue weighted by molar-refractivity contribution is -0.121. The van der Waals surface area contributed by atoms with Crippen molar-refractivity contribution in [2.45, 2.75) is 89.9 Å². The number of aromatic nitrogens is 1. The number of amides is 1. The van der Waals surface area contributed by atoms with Crippen LogP contribution in [0.4, 0.5) is 0 Å². The fourth-order valence-corrected chi connectivity index (χ4v) is 5.17. The Kier molecular flexibility index (Phi) is 9.94. The number of nitrogens with one attached hydrogen (secondary N) is 1. The van der Waals surface area contributed by atoms with Gasteiger partial charge in [-0.2, -0.15) is 0 Å². The Morgan fingerprint density at radius 2 is 2.06 bits per heavy atom. The van der Waals surface area contributed by atoms with E-state index in [1.807, 2.05) is 18.2 Å². The maximum atomic E-state index is 12.1. The Labute approximate surface area is 193 Å². The number of aliphatic hydroxyl groups excluding tert-OH is 2. The second kappa shape index (κ2) is 12.9. The van der Waals surface area contributed by atoms with E-state index in [9.17, 15) is 15.0 Å².